The molecule has 6 nitrogen and oxygen atoms in total. The van der Waals surface area contributed by atoms with Crippen LogP contribution in [0.4, 0.5) is 5.69 Å². The summed E-state index contributed by atoms with van der Waals surface area (Å²) in [5.74, 6) is -0.625. The highest BCUT2D eigenvalue weighted by Crippen LogP contribution is 2.35. The summed E-state index contributed by atoms with van der Waals surface area (Å²) >= 11 is 11.9. The number of esters is 1. The highest BCUT2D eigenvalue weighted by molar-refractivity contribution is 6.40. The second-order valence-electron chi connectivity index (χ2n) is 3.47. The Hall–Kier alpha value is -1.53. The SMILES string of the molecule is CC(=O)Nc1c(Cl)cnc(OCCOC(C)=O)c1Cl. The first-order valence-corrected chi connectivity index (χ1v) is 6.05. The van der Waals surface area contributed by atoms with Crippen molar-refractivity contribution in [3.05, 3.63) is 16.2 Å². The van der Waals surface area contributed by atoms with Gasteiger partial charge >= 0.3 is 5.97 Å². The summed E-state index contributed by atoms with van der Waals surface area (Å²) in [4.78, 5) is 25.5. The molecule has 0 aromatic carbocycles. The van der Waals surface area contributed by atoms with Gasteiger partial charge in [-0.1, -0.05) is 23.2 Å². The van der Waals surface area contributed by atoms with Crippen LogP contribution in [0, 0.1) is 0 Å². The molecule has 104 valence electrons. The minimum atomic E-state index is -0.405. The van der Waals surface area contributed by atoms with Crippen LogP contribution in [-0.2, 0) is 14.3 Å². The van der Waals surface area contributed by atoms with E-state index < -0.39 is 5.97 Å². The number of ether oxygens (including phenoxy) is 2. The highest BCUT2D eigenvalue weighted by Gasteiger charge is 2.14. The largest absolute Gasteiger partial charge is 0.473 e. The number of rotatable bonds is 5. The van der Waals surface area contributed by atoms with E-state index >= 15 is 0 Å². The fourth-order valence-corrected chi connectivity index (χ4v) is 1.65. The smallest absolute Gasteiger partial charge is 0.302 e. The monoisotopic (exact) mass is 306 g/mol. The first-order valence-electron chi connectivity index (χ1n) is 5.29. The molecule has 0 aliphatic rings. The number of hydrogen-bond donors (Lipinski definition) is 1. The van der Waals surface area contributed by atoms with E-state index in [9.17, 15) is 9.59 Å². The predicted octanol–water partition coefficient (Wildman–Crippen LogP) is 2.29. The summed E-state index contributed by atoms with van der Waals surface area (Å²) in [7, 11) is 0. The quantitative estimate of drug-likeness (QED) is 0.667. The van der Waals surface area contributed by atoms with E-state index in [0.717, 1.165) is 0 Å². The van der Waals surface area contributed by atoms with Crippen LogP contribution in [-0.4, -0.2) is 30.1 Å². The molecule has 0 bridgehead atoms. The van der Waals surface area contributed by atoms with Crippen LogP contribution < -0.4 is 10.1 Å². The molecule has 8 heteroatoms. The zero-order valence-electron chi connectivity index (χ0n) is 10.3. The van der Waals surface area contributed by atoms with E-state index in [2.05, 4.69) is 10.3 Å². The van der Waals surface area contributed by atoms with Gasteiger partial charge < -0.3 is 14.8 Å². The van der Waals surface area contributed by atoms with Crippen molar-refractivity contribution in [2.75, 3.05) is 18.5 Å². The first-order chi connectivity index (χ1) is 8.91. The molecular formula is C11H12Cl2N2O4. The van der Waals surface area contributed by atoms with Crippen LogP contribution in [0.25, 0.3) is 0 Å². The minimum Gasteiger partial charge on any atom is -0.473 e. The molecule has 0 radical (unpaired) electrons. The fourth-order valence-electron chi connectivity index (χ4n) is 1.16. The number of nitrogens with one attached hydrogen (secondary N) is 1. The van der Waals surface area contributed by atoms with Crippen LogP contribution in [0.15, 0.2) is 6.20 Å². The molecule has 1 rings (SSSR count). The minimum absolute atomic E-state index is 0.0748. The lowest BCUT2D eigenvalue weighted by Crippen LogP contribution is -2.12. The van der Waals surface area contributed by atoms with Crippen molar-refractivity contribution in [3.8, 4) is 5.88 Å². The molecule has 1 aromatic rings. The van der Waals surface area contributed by atoms with E-state index in [0.29, 0.717) is 0 Å². The molecule has 1 N–H and O–H groups in total. The van der Waals surface area contributed by atoms with Crippen molar-refractivity contribution in [3.63, 3.8) is 0 Å². The number of aromatic nitrogens is 1. The Morgan fingerprint density at radius 3 is 2.58 bits per heavy atom. The fraction of sp³-hybridized carbons (Fsp3) is 0.364. The van der Waals surface area contributed by atoms with Crippen molar-refractivity contribution in [1.29, 1.82) is 0 Å². The van der Waals surface area contributed by atoms with Gasteiger partial charge in [-0.3, -0.25) is 9.59 Å². The second kappa shape index (κ2) is 7.16. The summed E-state index contributed by atoms with van der Waals surface area (Å²) in [5, 5.41) is 2.77. The molecule has 0 fully saturated rings. The van der Waals surface area contributed by atoms with Crippen molar-refractivity contribution in [1.82, 2.24) is 4.98 Å². The van der Waals surface area contributed by atoms with Gasteiger partial charge in [0.1, 0.15) is 18.2 Å². The van der Waals surface area contributed by atoms with E-state index in [-0.39, 0.29) is 40.7 Å². The normalized spacial score (nSPS) is 9.89. The molecule has 0 unspecified atom stereocenters. The zero-order chi connectivity index (χ0) is 14.4. The van der Waals surface area contributed by atoms with Gasteiger partial charge in [0.05, 0.1) is 16.9 Å². The lowest BCUT2D eigenvalue weighted by atomic mass is 10.4. The van der Waals surface area contributed by atoms with Crippen molar-refractivity contribution < 1.29 is 19.1 Å². The van der Waals surface area contributed by atoms with Crippen LogP contribution in [0.3, 0.4) is 0 Å². The Labute approximate surface area is 120 Å². The Balaban J connectivity index is 2.74. The molecule has 19 heavy (non-hydrogen) atoms. The van der Waals surface area contributed by atoms with Gasteiger partial charge in [-0.15, -0.1) is 0 Å². The Bertz CT molecular complexity index is 494. The van der Waals surface area contributed by atoms with Crippen LogP contribution in [0.5, 0.6) is 5.88 Å². The number of halogens is 2. The van der Waals surface area contributed by atoms with Crippen LogP contribution >= 0.6 is 23.2 Å². The topological polar surface area (TPSA) is 77.5 Å². The van der Waals surface area contributed by atoms with E-state index in [1.807, 2.05) is 0 Å². The van der Waals surface area contributed by atoms with Gasteiger partial charge in [-0.25, -0.2) is 4.98 Å². The Morgan fingerprint density at radius 1 is 1.32 bits per heavy atom. The van der Waals surface area contributed by atoms with Gasteiger partial charge in [-0.05, 0) is 0 Å². The van der Waals surface area contributed by atoms with E-state index in [1.165, 1.54) is 20.0 Å². The number of carbonyl (C=O) groups is 2. The predicted molar refractivity (Wildman–Crippen MR) is 70.7 cm³/mol. The van der Waals surface area contributed by atoms with Gasteiger partial charge in [0.25, 0.3) is 0 Å². The average Bonchev–Trinajstić information content (AvgIpc) is 2.32. The third kappa shape index (κ3) is 4.92. The van der Waals surface area contributed by atoms with Crippen molar-refractivity contribution >= 4 is 40.8 Å². The lowest BCUT2D eigenvalue weighted by Gasteiger charge is -2.11. The zero-order valence-corrected chi connectivity index (χ0v) is 11.8. The molecular weight excluding hydrogens is 295 g/mol. The number of pyridine rings is 1. The molecule has 0 saturated carbocycles. The van der Waals surface area contributed by atoms with Gasteiger partial charge in [0, 0.05) is 13.8 Å². The maximum atomic E-state index is 11.0. The molecule has 0 aliphatic heterocycles. The highest BCUT2D eigenvalue weighted by atomic mass is 35.5. The third-order valence-corrected chi connectivity index (χ3v) is 2.51. The average molecular weight is 307 g/mol. The number of nitrogens with zero attached hydrogens (tertiary/aromatic N) is 1. The van der Waals surface area contributed by atoms with Gasteiger partial charge in [-0.2, -0.15) is 0 Å². The van der Waals surface area contributed by atoms with Gasteiger partial charge in [0.15, 0.2) is 0 Å². The van der Waals surface area contributed by atoms with Crippen molar-refractivity contribution in [2.24, 2.45) is 0 Å². The standard InChI is InChI=1S/C11H12Cl2N2O4/c1-6(16)15-10-8(12)5-14-11(9(10)13)19-4-3-18-7(2)17/h5H,3-4H2,1-2H3,(H,14,15,16). The summed E-state index contributed by atoms with van der Waals surface area (Å²) in [6.45, 7) is 2.79. The van der Waals surface area contributed by atoms with Crippen LogP contribution in [0.2, 0.25) is 10.0 Å². The maximum absolute atomic E-state index is 11.0. The molecule has 0 spiro atoms. The number of carbonyl (C=O) groups excluding carboxylic acids is 2. The molecule has 0 aliphatic carbocycles. The Kier molecular flexibility index (Phi) is 5.85. The maximum Gasteiger partial charge on any atom is 0.302 e. The summed E-state index contributed by atoms with van der Waals surface area (Å²) in [6, 6.07) is 0. The van der Waals surface area contributed by atoms with Crippen LogP contribution in [0.1, 0.15) is 13.8 Å². The number of hydrogen-bond acceptors (Lipinski definition) is 5. The molecule has 1 aromatic heterocycles. The summed E-state index contributed by atoms with van der Waals surface area (Å²) < 4.78 is 9.93. The van der Waals surface area contributed by atoms with Crippen molar-refractivity contribution in [2.45, 2.75) is 13.8 Å². The van der Waals surface area contributed by atoms with E-state index in [4.69, 9.17) is 32.7 Å². The Morgan fingerprint density at radius 2 is 2.00 bits per heavy atom. The second-order valence-corrected chi connectivity index (χ2v) is 4.26. The molecule has 1 heterocycles. The first kappa shape index (κ1) is 15.5. The molecule has 1 amide bonds. The molecule has 0 saturated heterocycles. The summed E-state index contributed by atoms with van der Waals surface area (Å²) in [5.41, 5.74) is 0.230. The summed E-state index contributed by atoms with van der Waals surface area (Å²) in [6.07, 6.45) is 1.31. The number of amides is 1. The number of anilines is 1. The lowest BCUT2D eigenvalue weighted by molar-refractivity contribution is -0.141. The molecule has 0 atom stereocenters. The van der Waals surface area contributed by atoms with Gasteiger partial charge in [0.2, 0.25) is 11.8 Å². The van der Waals surface area contributed by atoms with E-state index in [1.54, 1.807) is 0 Å². The third-order valence-electron chi connectivity index (χ3n) is 1.87.